The maximum absolute atomic E-state index is 12.8. The number of carbonyl (C=O) groups excluding carboxylic acids is 1. The fourth-order valence-corrected chi connectivity index (χ4v) is 3.70. The average molecular weight is 409 g/mol. The van der Waals surface area contributed by atoms with E-state index in [1.165, 1.54) is 19.1 Å². The van der Waals surface area contributed by atoms with Crippen LogP contribution < -0.4 is 5.32 Å². The van der Waals surface area contributed by atoms with Gasteiger partial charge in [-0.15, -0.1) is 0 Å². The van der Waals surface area contributed by atoms with Gasteiger partial charge in [0.05, 0.1) is 11.3 Å². The fourth-order valence-electron chi connectivity index (χ4n) is 3.70. The van der Waals surface area contributed by atoms with Gasteiger partial charge in [0.15, 0.2) is 0 Å². The molecule has 2 heterocycles. The molecule has 0 spiro atoms. The summed E-state index contributed by atoms with van der Waals surface area (Å²) in [5.41, 5.74) is 0.625. The SMILES string of the molecule is CC(=O)NCC[C@@H]1CCCCN1Cc1nc(-c2ccc(C(F)(F)F)cc2)oc1C. The molecular weight excluding hydrogens is 383 g/mol. The van der Waals surface area contributed by atoms with Crippen LogP contribution in [0, 0.1) is 6.92 Å². The summed E-state index contributed by atoms with van der Waals surface area (Å²) in [5, 5.41) is 2.85. The Kier molecular flexibility index (Phi) is 6.62. The molecule has 1 N–H and O–H groups in total. The van der Waals surface area contributed by atoms with Crippen LogP contribution in [0.5, 0.6) is 0 Å². The van der Waals surface area contributed by atoms with Gasteiger partial charge in [-0.3, -0.25) is 9.69 Å². The number of halogens is 3. The number of likely N-dealkylation sites (tertiary alicyclic amines) is 1. The molecule has 0 saturated carbocycles. The molecule has 1 aliphatic heterocycles. The molecule has 1 saturated heterocycles. The molecule has 0 radical (unpaired) electrons. The van der Waals surface area contributed by atoms with Gasteiger partial charge >= 0.3 is 6.18 Å². The van der Waals surface area contributed by atoms with E-state index in [4.69, 9.17) is 4.42 Å². The molecule has 2 aromatic rings. The molecule has 1 aliphatic rings. The van der Waals surface area contributed by atoms with Crippen molar-refractivity contribution in [2.24, 2.45) is 0 Å². The van der Waals surface area contributed by atoms with Gasteiger partial charge in [-0.25, -0.2) is 4.98 Å². The second-order valence-electron chi connectivity index (χ2n) is 7.49. The smallest absolute Gasteiger partial charge is 0.416 e. The third-order valence-corrected chi connectivity index (χ3v) is 5.31. The summed E-state index contributed by atoms with van der Waals surface area (Å²) >= 11 is 0. The number of hydrogen-bond acceptors (Lipinski definition) is 4. The molecule has 0 unspecified atom stereocenters. The lowest BCUT2D eigenvalue weighted by atomic mass is 9.99. The van der Waals surface area contributed by atoms with Crippen molar-refractivity contribution in [2.75, 3.05) is 13.1 Å². The quantitative estimate of drug-likeness (QED) is 0.761. The van der Waals surface area contributed by atoms with Crippen molar-refractivity contribution in [3.63, 3.8) is 0 Å². The van der Waals surface area contributed by atoms with Gasteiger partial charge in [0.1, 0.15) is 5.76 Å². The summed E-state index contributed by atoms with van der Waals surface area (Å²) in [6.07, 6.45) is -0.143. The highest BCUT2D eigenvalue weighted by molar-refractivity contribution is 5.72. The number of nitrogens with one attached hydrogen (secondary N) is 1. The monoisotopic (exact) mass is 409 g/mol. The van der Waals surface area contributed by atoms with Crippen molar-refractivity contribution in [2.45, 2.75) is 58.3 Å². The minimum atomic E-state index is -4.36. The molecule has 1 amide bonds. The summed E-state index contributed by atoms with van der Waals surface area (Å²) in [5.74, 6) is 0.977. The van der Waals surface area contributed by atoms with Crippen LogP contribution >= 0.6 is 0 Å². The maximum atomic E-state index is 12.8. The molecular formula is C21H26F3N3O2. The zero-order valence-corrected chi connectivity index (χ0v) is 16.7. The topological polar surface area (TPSA) is 58.4 Å². The lowest BCUT2D eigenvalue weighted by Crippen LogP contribution is -2.41. The number of piperidine rings is 1. The molecule has 158 valence electrons. The van der Waals surface area contributed by atoms with E-state index in [2.05, 4.69) is 15.2 Å². The maximum Gasteiger partial charge on any atom is 0.416 e. The van der Waals surface area contributed by atoms with Crippen LogP contribution in [0.1, 0.15) is 49.6 Å². The van der Waals surface area contributed by atoms with Gasteiger partial charge in [-0.2, -0.15) is 13.2 Å². The Hall–Kier alpha value is -2.35. The number of carbonyl (C=O) groups is 1. The molecule has 29 heavy (non-hydrogen) atoms. The number of aromatic nitrogens is 1. The van der Waals surface area contributed by atoms with Gasteiger partial charge in [0, 0.05) is 31.6 Å². The first kappa shape index (κ1) is 21.4. The Balaban J connectivity index is 1.69. The molecule has 0 bridgehead atoms. The molecule has 1 fully saturated rings. The van der Waals surface area contributed by atoms with Crippen LogP contribution in [0.2, 0.25) is 0 Å². The van der Waals surface area contributed by atoms with Crippen LogP contribution in [0.3, 0.4) is 0 Å². The Labute approximate surface area is 168 Å². The van der Waals surface area contributed by atoms with Crippen molar-refractivity contribution >= 4 is 5.91 Å². The van der Waals surface area contributed by atoms with Gasteiger partial charge in [-0.1, -0.05) is 6.42 Å². The van der Waals surface area contributed by atoms with E-state index >= 15 is 0 Å². The minimum Gasteiger partial charge on any atom is -0.441 e. The first-order valence-corrected chi connectivity index (χ1v) is 9.86. The van der Waals surface area contributed by atoms with Gasteiger partial charge < -0.3 is 9.73 Å². The summed E-state index contributed by atoms with van der Waals surface area (Å²) in [6.45, 7) is 5.56. The van der Waals surface area contributed by atoms with Crippen LogP contribution in [-0.2, 0) is 17.5 Å². The number of benzene rings is 1. The molecule has 0 aliphatic carbocycles. The van der Waals surface area contributed by atoms with Crippen molar-refractivity contribution in [1.29, 1.82) is 0 Å². The van der Waals surface area contributed by atoms with Crippen molar-refractivity contribution in [1.82, 2.24) is 15.2 Å². The lowest BCUT2D eigenvalue weighted by molar-refractivity contribution is -0.137. The second kappa shape index (κ2) is 8.98. The number of amides is 1. The minimum absolute atomic E-state index is 0.0270. The normalized spacial score (nSPS) is 18.0. The molecule has 5 nitrogen and oxygen atoms in total. The first-order valence-electron chi connectivity index (χ1n) is 9.86. The van der Waals surface area contributed by atoms with Crippen molar-refractivity contribution < 1.29 is 22.4 Å². The standard InChI is InChI=1S/C21H26F3N3O2/c1-14-19(13-27-12-4-3-5-18(27)10-11-25-15(2)28)26-20(29-14)16-6-8-17(9-7-16)21(22,23)24/h6-9,18H,3-5,10-13H2,1-2H3,(H,25,28)/t18-/m0/s1. The first-order chi connectivity index (χ1) is 13.7. The third-order valence-electron chi connectivity index (χ3n) is 5.31. The third kappa shape index (κ3) is 5.59. The average Bonchev–Trinajstić information content (AvgIpc) is 3.03. The van der Waals surface area contributed by atoms with Gasteiger partial charge in [0.2, 0.25) is 11.8 Å². The van der Waals surface area contributed by atoms with E-state index in [9.17, 15) is 18.0 Å². The predicted octanol–water partition coefficient (Wildman–Crippen LogP) is 4.55. The van der Waals surface area contributed by atoms with Gasteiger partial charge in [0.25, 0.3) is 0 Å². The Morgan fingerprint density at radius 2 is 2.00 bits per heavy atom. The van der Waals surface area contributed by atoms with E-state index in [0.717, 1.165) is 50.1 Å². The van der Waals surface area contributed by atoms with E-state index < -0.39 is 11.7 Å². The van der Waals surface area contributed by atoms with Crippen LogP contribution in [0.25, 0.3) is 11.5 Å². The van der Waals surface area contributed by atoms with E-state index in [1.807, 2.05) is 6.92 Å². The molecule has 3 rings (SSSR count). The van der Waals surface area contributed by atoms with Crippen LogP contribution in [-0.4, -0.2) is 34.9 Å². The number of rotatable bonds is 6. The number of nitrogens with zero attached hydrogens (tertiary/aromatic N) is 2. The predicted molar refractivity (Wildman–Crippen MR) is 103 cm³/mol. The van der Waals surface area contributed by atoms with E-state index in [1.54, 1.807) is 0 Å². The highest BCUT2D eigenvalue weighted by Gasteiger charge is 2.30. The number of alkyl halides is 3. The Morgan fingerprint density at radius 3 is 2.66 bits per heavy atom. The summed E-state index contributed by atoms with van der Waals surface area (Å²) in [4.78, 5) is 18.0. The summed E-state index contributed by atoms with van der Waals surface area (Å²) in [7, 11) is 0. The van der Waals surface area contributed by atoms with Crippen LogP contribution in [0.4, 0.5) is 13.2 Å². The van der Waals surface area contributed by atoms with Crippen molar-refractivity contribution in [3.8, 4) is 11.5 Å². The highest BCUT2D eigenvalue weighted by atomic mass is 19.4. The van der Waals surface area contributed by atoms with Crippen molar-refractivity contribution in [3.05, 3.63) is 41.3 Å². The summed E-state index contributed by atoms with van der Waals surface area (Å²) < 4.78 is 44.0. The second-order valence-corrected chi connectivity index (χ2v) is 7.49. The molecule has 1 aromatic carbocycles. The fraction of sp³-hybridized carbons (Fsp3) is 0.524. The Morgan fingerprint density at radius 1 is 1.28 bits per heavy atom. The van der Waals surface area contributed by atoms with E-state index in [-0.39, 0.29) is 5.91 Å². The summed E-state index contributed by atoms with van der Waals surface area (Å²) in [6, 6.07) is 5.21. The number of oxazole rings is 1. The molecule has 8 heteroatoms. The molecule has 1 aromatic heterocycles. The van der Waals surface area contributed by atoms with E-state index in [0.29, 0.717) is 36.3 Å². The largest absolute Gasteiger partial charge is 0.441 e. The Bertz CT molecular complexity index is 831. The zero-order valence-electron chi connectivity index (χ0n) is 16.7. The molecule has 1 atom stereocenters. The number of aryl methyl sites for hydroxylation is 1. The van der Waals surface area contributed by atoms with Crippen LogP contribution in [0.15, 0.2) is 28.7 Å². The zero-order chi connectivity index (χ0) is 21.0. The van der Waals surface area contributed by atoms with Gasteiger partial charge in [-0.05, 0) is 57.0 Å². The highest BCUT2D eigenvalue weighted by Crippen LogP contribution is 2.31. The lowest BCUT2D eigenvalue weighted by Gasteiger charge is -2.35. The number of hydrogen-bond donors (Lipinski definition) is 1.